The van der Waals surface area contributed by atoms with Crippen LogP contribution in [0.4, 0.5) is 0 Å². The van der Waals surface area contributed by atoms with Crippen LogP contribution in [0.5, 0.6) is 0 Å². The first-order valence-corrected chi connectivity index (χ1v) is 8.82. The molecule has 0 heterocycles. The van der Waals surface area contributed by atoms with Gasteiger partial charge in [0.2, 0.25) is 0 Å². The molecule has 0 aromatic rings. The third kappa shape index (κ3) is 9.38. The highest BCUT2D eigenvalue weighted by atomic mass is 32.2. The lowest BCUT2D eigenvalue weighted by Crippen LogP contribution is -2.43. The van der Waals surface area contributed by atoms with Crippen LogP contribution >= 0.6 is 0 Å². The van der Waals surface area contributed by atoms with Crippen molar-refractivity contribution < 1.29 is 8.42 Å². The van der Waals surface area contributed by atoms with Crippen molar-refractivity contribution in [1.82, 2.24) is 14.3 Å². The molecule has 0 aliphatic heterocycles. The van der Waals surface area contributed by atoms with Crippen molar-refractivity contribution in [2.45, 2.75) is 58.9 Å². The highest BCUT2D eigenvalue weighted by Gasteiger charge is 2.19. The topological polar surface area (TPSA) is 61.4 Å². The number of hydrogen-bond donors (Lipinski definition) is 2. The monoisotopic (exact) mass is 293 g/mol. The molecule has 5 nitrogen and oxygen atoms in total. The molecule has 6 heteroatoms. The van der Waals surface area contributed by atoms with Gasteiger partial charge in [-0.25, -0.2) is 0 Å². The molecular formula is C13H31N3O2S. The summed E-state index contributed by atoms with van der Waals surface area (Å²) >= 11 is 0. The van der Waals surface area contributed by atoms with E-state index in [1.807, 2.05) is 13.8 Å². The fraction of sp³-hybridized carbons (Fsp3) is 1.00. The molecule has 0 radical (unpaired) electrons. The molecule has 0 aliphatic carbocycles. The molecule has 0 fully saturated rings. The molecule has 0 aliphatic rings. The maximum absolute atomic E-state index is 12.0. The Bertz CT molecular complexity index is 307. The van der Waals surface area contributed by atoms with E-state index in [4.69, 9.17) is 0 Å². The lowest BCUT2D eigenvalue weighted by atomic mass is 10.1. The second-order valence-electron chi connectivity index (χ2n) is 5.05. The van der Waals surface area contributed by atoms with Gasteiger partial charge < -0.3 is 5.32 Å². The Morgan fingerprint density at radius 1 is 1.16 bits per heavy atom. The van der Waals surface area contributed by atoms with Crippen LogP contribution in [0.15, 0.2) is 0 Å². The molecule has 0 saturated heterocycles. The Hall–Kier alpha value is -0.170. The number of unbranched alkanes of at least 4 members (excludes halogenated alkanes) is 2. The van der Waals surface area contributed by atoms with Crippen LogP contribution in [0.2, 0.25) is 0 Å². The minimum Gasteiger partial charge on any atom is -0.317 e. The van der Waals surface area contributed by atoms with Crippen LogP contribution in [0.3, 0.4) is 0 Å². The second kappa shape index (κ2) is 10.6. The van der Waals surface area contributed by atoms with E-state index in [9.17, 15) is 8.42 Å². The molecule has 0 rings (SSSR count). The Morgan fingerprint density at radius 3 is 2.42 bits per heavy atom. The van der Waals surface area contributed by atoms with Crippen LogP contribution in [0.1, 0.15) is 52.9 Å². The first-order chi connectivity index (χ1) is 8.94. The van der Waals surface area contributed by atoms with Gasteiger partial charge >= 0.3 is 0 Å². The molecule has 1 unspecified atom stereocenters. The maximum atomic E-state index is 12.0. The van der Waals surface area contributed by atoms with Gasteiger partial charge in [0.25, 0.3) is 10.2 Å². The van der Waals surface area contributed by atoms with Gasteiger partial charge in [-0.3, -0.25) is 0 Å². The van der Waals surface area contributed by atoms with Gasteiger partial charge in [0.1, 0.15) is 0 Å². The van der Waals surface area contributed by atoms with E-state index in [0.717, 1.165) is 45.2 Å². The molecule has 0 aromatic heterocycles. The van der Waals surface area contributed by atoms with Crippen molar-refractivity contribution in [1.29, 1.82) is 0 Å². The molecule has 0 saturated carbocycles. The van der Waals surface area contributed by atoms with Gasteiger partial charge in [-0.05, 0) is 32.9 Å². The van der Waals surface area contributed by atoms with Crippen LogP contribution in [-0.4, -0.2) is 45.4 Å². The van der Waals surface area contributed by atoms with Gasteiger partial charge in [0, 0.05) is 19.6 Å². The minimum absolute atomic E-state index is 0.00719. The van der Waals surface area contributed by atoms with Crippen LogP contribution in [0.25, 0.3) is 0 Å². The summed E-state index contributed by atoms with van der Waals surface area (Å²) in [6.07, 6.45) is 5.12. The van der Waals surface area contributed by atoms with E-state index in [2.05, 4.69) is 17.0 Å². The van der Waals surface area contributed by atoms with Crippen molar-refractivity contribution in [2.75, 3.05) is 26.7 Å². The highest BCUT2D eigenvalue weighted by Crippen LogP contribution is 2.05. The maximum Gasteiger partial charge on any atom is 0.279 e. The lowest BCUT2D eigenvalue weighted by molar-refractivity contribution is 0.433. The Labute approximate surface area is 119 Å². The van der Waals surface area contributed by atoms with Crippen molar-refractivity contribution >= 4 is 10.2 Å². The highest BCUT2D eigenvalue weighted by molar-refractivity contribution is 7.87. The summed E-state index contributed by atoms with van der Waals surface area (Å²) < 4.78 is 28.2. The summed E-state index contributed by atoms with van der Waals surface area (Å²) in [5, 5.41) is 3.19. The summed E-state index contributed by atoms with van der Waals surface area (Å²) in [6.45, 7) is 8.43. The summed E-state index contributed by atoms with van der Waals surface area (Å²) in [5.41, 5.74) is 0. The predicted molar refractivity (Wildman–Crippen MR) is 81.5 cm³/mol. The zero-order valence-corrected chi connectivity index (χ0v) is 13.7. The first kappa shape index (κ1) is 18.8. The predicted octanol–water partition coefficient (Wildman–Crippen LogP) is 1.72. The summed E-state index contributed by atoms with van der Waals surface area (Å²) in [4.78, 5) is 0. The average Bonchev–Trinajstić information content (AvgIpc) is 2.34. The fourth-order valence-corrected chi connectivity index (χ4v) is 3.00. The van der Waals surface area contributed by atoms with Crippen LogP contribution < -0.4 is 10.0 Å². The molecule has 0 amide bonds. The van der Waals surface area contributed by atoms with E-state index in [1.54, 1.807) is 7.05 Å². The number of nitrogens with zero attached hydrogens (tertiary/aromatic N) is 1. The first-order valence-electron chi connectivity index (χ1n) is 7.38. The quantitative estimate of drug-likeness (QED) is 0.539. The molecule has 0 bridgehead atoms. The Kier molecular flexibility index (Phi) is 10.5. The molecular weight excluding hydrogens is 262 g/mol. The minimum atomic E-state index is -3.33. The summed E-state index contributed by atoms with van der Waals surface area (Å²) in [7, 11) is -1.70. The van der Waals surface area contributed by atoms with Crippen molar-refractivity contribution in [3.8, 4) is 0 Å². The van der Waals surface area contributed by atoms with Crippen LogP contribution in [-0.2, 0) is 10.2 Å². The second-order valence-corrected chi connectivity index (χ2v) is 6.86. The molecule has 1 atom stereocenters. The van der Waals surface area contributed by atoms with E-state index < -0.39 is 10.2 Å². The molecule has 0 spiro atoms. The van der Waals surface area contributed by atoms with Gasteiger partial charge in [-0.15, -0.1) is 0 Å². The largest absolute Gasteiger partial charge is 0.317 e. The van der Waals surface area contributed by atoms with E-state index >= 15 is 0 Å². The average molecular weight is 293 g/mol. The van der Waals surface area contributed by atoms with E-state index in [-0.39, 0.29) is 6.04 Å². The number of hydrogen-bond acceptors (Lipinski definition) is 3. The van der Waals surface area contributed by atoms with Crippen molar-refractivity contribution in [2.24, 2.45) is 0 Å². The van der Waals surface area contributed by atoms with E-state index in [0.29, 0.717) is 6.54 Å². The summed E-state index contributed by atoms with van der Waals surface area (Å²) in [6, 6.07) is 0.00719. The van der Waals surface area contributed by atoms with Gasteiger partial charge in [0.15, 0.2) is 0 Å². The number of nitrogens with one attached hydrogen (secondary N) is 2. The smallest absolute Gasteiger partial charge is 0.279 e. The lowest BCUT2D eigenvalue weighted by Gasteiger charge is -2.21. The van der Waals surface area contributed by atoms with Crippen molar-refractivity contribution in [3.63, 3.8) is 0 Å². The van der Waals surface area contributed by atoms with Crippen molar-refractivity contribution in [3.05, 3.63) is 0 Å². The summed E-state index contributed by atoms with van der Waals surface area (Å²) in [5.74, 6) is 0. The van der Waals surface area contributed by atoms with Gasteiger partial charge in [-0.1, -0.05) is 33.1 Å². The zero-order chi connectivity index (χ0) is 14.7. The standard InChI is InChI=1S/C13H31N3O2S/c1-5-7-8-10-13(3)15-19(17,18)16(4)12-9-11-14-6-2/h13-15H,5-12H2,1-4H3. The zero-order valence-electron chi connectivity index (χ0n) is 12.9. The molecule has 2 N–H and O–H groups in total. The van der Waals surface area contributed by atoms with Gasteiger partial charge in [-0.2, -0.15) is 17.4 Å². The molecule has 19 heavy (non-hydrogen) atoms. The van der Waals surface area contributed by atoms with Gasteiger partial charge in [0.05, 0.1) is 0 Å². The number of rotatable bonds is 12. The van der Waals surface area contributed by atoms with Crippen LogP contribution in [0, 0.1) is 0 Å². The normalized spacial score (nSPS) is 13.9. The Morgan fingerprint density at radius 2 is 1.84 bits per heavy atom. The third-order valence-corrected chi connectivity index (χ3v) is 4.78. The SMILES string of the molecule is CCCCCC(C)NS(=O)(=O)N(C)CCCNCC. The third-order valence-electron chi connectivity index (χ3n) is 3.08. The Balaban J connectivity index is 4.00. The molecule has 0 aromatic carbocycles. The fourth-order valence-electron chi connectivity index (χ4n) is 1.83. The van der Waals surface area contributed by atoms with E-state index in [1.165, 1.54) is 4.31 Å². The molecule has 116 valence electrons.